The quantitative estimate of drug-likeness (QED) is 0.722. The highest BCUT2D eigenvalue weighted by molar-refractivity contribution is 5.30. The van der Waals surface area contributed by atoms with Gasteiger partial charge in [0, 0.05) is 12.5 Å². The van der Waals surface area contributed by atoms with Crippen molar-refractivity contribution in [2.24, 2.45) is 0 Å². The van der Waals surface area contributed by atoms with Gasteiger partial charge in [0.2, 0.25) is 0 Å². The molecule has 0 aliphatic carbocycles. The van der Waals surface area contributed by atoms with Gasteiger partial charge in [-0.15, -0.1) is 0 Å². The molecule has 76 valence electrons. The van der Waals surface area contributed by atoms with Crippen LogP contribution in [-0.4, -0.2) is 19.3 Å². The van der Waals surface area contributed by atoms with Gasteiger partial charge < -0.3 is 5.32 Å². The number of rotatable bonds is 1. The zero-order chi connectivity index (χ0) is 9.97. The van der Waals surface area contributed by atoms with Crippen molar-refractivity contribution in [3.63, 3.8) is 0 Å². The Morgan fingerprint density at radius 3 is 2.86 bits per heavy atom. The summed E-state index contributed by atoms with van der Waals surface area (Å²) in [7, 11) is 0. The van der Waals surface area contributed by atoms with E-state index < -0.39 is 6.17 Å². The summed E-state index contributed by atoms with van der Waals surface area (Å²) in [5.41, 5.74) is 2.39. The summed E-state index contributed by atoms with van der Waals surface area (Å²) in [4.78, 5) is 0. The van der Waals surface area contributed by atoms with Gasteiger partial charge in [-0.1, -0.05) is 24.3 Å². The van der Waals surface area contributed by atoms with Crippen LogP contribution in [0, 0.1) is 6.92 Å². The van der Waals surface area contributed by atoms with Crippen LogP contribution in [0.1, 0.15) is 23.5 Å². The van der Waals surface area contributed by atoms with E-state index in [9.17, 15) is 4.39 Å². The maximum absolute atomic E-state index is 13.7. The second-order valence-electron chi connectivity index (χ2n) is 3.97. The summed E-state index contributed by atoms with van der Waals surface area (Å²) in [5.74, 6) is 0.0949. The number of hydrogen-bond acceptors (Lipinski definition) is 1. The molecule has 2 atom stereocenters. The molecule has 1 nitrogen and oxygen atoms in total. The van der Waals surface area contributed by atoms with Crippen LogP contribution < -0.4 is 5.32 Å². The molecule has 1 aromatic rings. The van der Waals surface area contributed by atoms with Crippen molar-refractivity contribution in [2.45, 2.75) is 25.4 Å². The molecule has 0 aromatic heterocycles. The van der Waals surface area contributed by atoms with Crippen molar-refractivity contribution in [3.05, 3.63) is 35.4 Å². The van der Waals surface area contributed by atoms with Gasteiger partial charge >= 0.3 is 0 Å². The number of halogens is 1. The average molecular weight is 193 g/mol. The van der Waals surface area contributed by atoms with E-state index in [1.807, 2.05) is 12.1 Å². The van der Waals surface area contributed by atoms with Crippen LogP contribution in [0.2, 0.25) is 0 Å². The van der Waals surface area contributed by atoms with Gasteiger partial charge in [-0.05, 0) is 31.0 Å². The molecule has 1 unspecified atom stereocenters. The summed E-state index contributed by atoms with van der Waals surface area (Å²) in [6, 6.07) is 8.12. The van der Waals surface area contributed by atoms with E-state index in [2.05, 4.69) is 24.4 Å². The van der Waals surface area contributed by atoms with Crippen molar-refractivity contribution in [3.8, 4) is 0 Å². The molecule has 1 aliphatic rings. The van der Waals surface area contributed by atoms with Gasteiger partial charge in [-0.3, -0.25) is 0 Å². The first-order chi connectivity index (χ1) is 6.79. The van der Waals surface area contributed by atoms with Gasteiger partial charge in [-0.25, -0.2) is 4.39 Å². The molecule has 0 bridgehead atoms. The average Bonchev–Trinajstić information content (AvgIpc) is 2.20. The smallest absolute Gasteiger partial charge is 0.119 e. The molecule has 1 heterocycles. The van der Waals surface area contributed by atoms with Crippen LogP contribution in [0.15, 0.2) is 24.3 Å². The molecular formula is C12H16FN. The van der Waals surface area contributed by atoms with Crippen LogP contribution in [-0.2, 0) is 0 Å². The van der Waals surface area contributed by atoms with Gasteiger partial charge in [0.15, 0.2) is 0 Å². The summed E-state index contributed by atoms with van der Waals surface area (Å²) in [6.45, 7) is 3.49. The Morgan fingerprint density at radius 1 is 1.36 bits per heavy atom. The second kappa shape index (κ2) is 4.09. The zero-order valence-electron chi connectivity index (χ0n) is 8.46. The van der Waals surface area contributed by atoms with E-state index in [0.717, 1.165) is 13.0 Å². The molecule has 1 aromatic carbocycles. The third-order valence-electron chi connectivity index (χ3n) is 3.00. The first kappa shape index (κ1) is 9.66. The predicted octanol–water partition coefficient (Wildman–Crippen LogP) is 2.41. The van der Waals surface area contributed by atoms with E-state index in [4.69, 9.17) is 0 Å². The first-order valence-corrected chi connectivity index (χ1v) is 5.19. The molecule has 1 N–H and O–H groups in total. The molecule has 0 spiro atoms. The fourth-order valence-electron chi connectivity index (χ4n) is 2.17. The Morgan fingerprint density at radius 2 is 2.14 bits per heavy atom. The minimum absolute atomic E-state index is 0.0949. The van der Waals surface area contributed by atoms with Crippen LogP contribution in [0.3, 0.4) is 0 Å². The Bertz CT molecular complexity index is 311. The van der Waals surface area contributed by atoms with E-state index >= 15 is 0 Å². The fraction of sp³-hybridized carbons (Fsp3) is 0.500. The zero-order valence-corrected chi connectivity index (χ0v) is 8.46. The summed E-state index contributed by atoms with van der Waals surface area (Å²) < 4.78 is 13.7. The van der Waals surface area contributed by atoms with Gasteiger partial charge in [0.1, 0.15) is 6.17 Å². The molecule has 2 heteroatoms. The van der Waals surface area contributed by atoms with Crippen molar-refractivity contribution in [1.29, 1.82) is 0 Å². The SMILES string of the molecule is Cc1ccccc1[C@H]1CCNCC1F. The number of benzene rings is 1. The maximum Gasteiger partial charge on any atom is 0.119 e. The molecule has 1 aliphatic heterocycles. The van der Waals surface area contributed by atoms with E-state index in [1.165, 1.54) is 11.1 Å². The molecule has 1 fully saturated rings. The van der Waals surface area contributed by atoms with Gasteiger partial charge in [0.05, 0.1) is 0 Å². The highest BCUT2D eigenvalue weighted by Gasteiger charge is 2.26. The van der Waals surface area contributed by atoms with Crippen LogP contribution in [0.5, 0.6) is 0 Å². The Labute approximate surface area is 84.3 Å². The lowest BCUT2D eigenvalue weighted by Crippen LogP contribution is -2.36. The Balaban J connectivity index is 2.25. The first-order valence-electron chi connectivity index (χ1n) is 5.19. The number of aryl methyl sites for hydroxylation is 1. The van der Waals surface area contributed by atoms with Crippen molar-refractivity contribution < 1.29 is 4.39 Å². The van der Waals surface area contributed by atoms with Crippen molar-refractivity contribution >= 4 is 0 Å². The van der Waals surface area contributed by atoms with E-state index in [-0.39, 0.29) is 5.92 Å². The second-order valence-corrected chi connectivity index (χ2v) is 3.97. The number of piperidine rings is 1. The topological polar surface area (TPSA) is 12.0 Å². The third kappa shape index (κ3) is 1.80. The largest absolute Gasteiger partial charge is 0.314 e. The highest BCUT2D eigenvalue weighted by atomic mass is 19.1. The number of alkyl halides is 1. The number of hydrogen-bond donors (Lipinski definition) is 1. The van der Waals surface area contributed by atoms with Gasteiger partial charge in [-0.2, -0.15) is 0 Å². The van der Waals surface area contributed by atoms with E-state index in [1.54, 1.807) is 0 Å². The van der Waals surface area contributed by atoms with Gasteiger partial charge in [0.25, 0.3) is 0 Å². The summed E-state index contributed by atoms with van der Waals surface area (Å²) in [6.07, 6.45) is 0.177. The molecule has 0 saturated carbocycles. The molecule has 14 heavy (non-hydrogen) atoms. The summed E-state index contributed by atoms with van der Waals surface area (Å²) >= 11 is 0. The molecule has 0 radical (unpaired) electrons. The van der Waals surface area contributed by atoms with Crippen molar-refractivity contribution in [1.82, 2.24) is 5.32 Å². The fourth-order valence-corrected chi connectivity index (χ4v) is 2.17. The monoisotopic (exact) mass is 193 g/mol. The molecule has 0 amide bonds. The Kier molecular flexibility index (Phi) is 2.82. The lowest BCUT2D eigenvalue weighted by molar-refractivity contribution is 0.231. The number of nitrogens with one attached hydrogen (secondary N) is 1. The predicted molar refractivity (Wildman–Crippen MR) is 56.3 cm³/mol. The lowest BCUT2D eigenvalue weighted by atomic mass is 9.86. The normalized spacial score (nSPS) is 27.6. The maximum atomic E-state index is 13.7. The third-order valence-corrected chi connectivity index (χ3v) is 3.00. The van der Waals surface area contributed by atoms with E-state index in [0.29, 0.717) is 6.54 Å². The van der Waals surface area contributed by atoms with Crippen LogP contribution >= 0.6 is 0 Å². The minimum Gasteiger partial charge on any atom is -0.314 e. The molecule has 1 saturated heterocycles. The summed E-state index contributed by atoms with van der Waals surface area (Å²) in [5, 5.41) is 3.08. The Hall–Kier alpha value is -0.890. The standard InChI is InChI=1S/C12H16FN/c1-9-4-2-3-5-10(9)11-6-7-14-8-12(11)13/h2-5,11-12,14H,6-8H2,1H3/t11-,12?/m1/s1. The highest BCUT2D eigenvalue weighted by Crippen LogP contribution is 2.29. The molecule has 2 rings (SSSR count). The van der Waals surface area contributed by atoms with Crippen molar-refractivity contribution in [2.75, 3.05) is 13.1 Å². The molecular weight excluding hydrogens is 177 g/mol. The van der Waals surface area contributed by atoms with Crippen LogP contribution in [0.4, 0.5) is 4.39 Å². The minimum atomic E-state index is -0.732. The lowest BCUT2D eigenvalue weighted by Gasteiger charge is -2.28. The van der Waals surface area contributed by atoms with Crippen LogP contribution in [0.25, 0.3) is 0 Å².